The molecule has 0 amide bonds. The number of phenolic OH excluding ortho intramolecular Hbond substituents is 1. The Kier molecular flexibility index (Phi) is 5.89. The number of benzene rings is 3. The zero-order chi connectivity index (χ0) is 22.7. The minimum atomic E-state index is -0.636. The Morgan fingerprint density at radius 3 is 2.50 bits per heavy atom. The lowest BCUT2D eigenvalue weighted by Gasteiger charge is -2.27. The predicted molar refractivity (Wildman–Crippen MR) is 114 cm³/mol. The van der Waals surface area contributed by atoms with Gasteiger partial charge in [-0.2, -0.15) is 0 Å². The summed E-state index contributed by atoms with van der Waals surface area (Å²) in [7, 11) is 1.26. The minimum absolute atomic E-state index is 0.0673. The smallest absolute Gasteiger partial charge is 0.343 e. The molecule has 7 heteroatoms. The van der Waals surface area contributed by atoms with Crippen LogP contribution in [0.1, 0.15) is 39.4 Å². The van der Waals surface area contributed by atoms with Crippen molar-refractivity contribution in [3.05, 3.63) is 89.0 Å². The SMILES string of the molecule is COC(=O)COc1ccccc1C1CC(=O)Oc2ccc(C(=O)c3ccccc3)c(O)c21. The monoisotopic (exact) mass is 432 g/mol. The molecule has 0 fully saturated rings. The van der Waals surface area contributed by atoms with Crippen LogP contribution in [0.15, 0.2) is 66.7 Å². The Labute approximate surface area is 184 Å². The highest BCUT2D eigenvalue weighted by molar-refractivity contribution is 6.11. The zero-order valence-corrected chi connectivity index (χ0v) is 17.2. The minimum Gasteiger partial charge on any atom is -0.507 e. The number of phenols is 1. The second kappa shape index (κ2) is 8.93. The van der Waals surface area contributed by atoms with E-state index in [0.29, 0.717) is 22.4 Å². The van der Waals surface area contributed by atoms with Crippen LogP contribution >= 0.6 is 0 Å². The van der Waals surface area contributed by atoms with E-state index in [0.717, 1.165) is 0 Å². The molecule has 3 aromatic rings. The summed E-state index contributed by atoms with van der Waals surface area (Å²) in [6.07, 6.45) is -0.0673. The van der Waals surface area contributed by atoms with Crippen molar-refractivity contribution >= 4 is 17.7 Å². The second-order valence-electron chi connectivity index (χ2n) is 7.20. The molecule has 7 nitrogen and oxygen atoms in total. The molecule has 0 aliphatic carbocycles. The third kappa shape index (κ3) is 4.05. The van der Waals surface area contributed by atoms with Gasteiger partial charge in [-0.3, -0.25) is 9.59 Å². The average Bonchev–Trinajstić information content (AvgIpc) is 2.82. The molecule has 1 aliphatic heterocycles. The van der Waals surface area contributed by atoms with Crippen LogP contribution in [-0.4, -0.2) is 36.5 Å². The van der Waals surface area contributed by atoms with Crippen LogP contribution in [0.4, 0.5) is 0 Å². The van der Waals surface area contributed by atoms with Crippen molar-refractivity contribution in [2.24, 2.45) is 0 Å². The first kappa shape index (κ1) is 21.1. The summed E-state index contributed by atoms with van der Waals surface area (Å²) in [6.45, 7) is -0.309. The van der Waals surface area contributed by atoms with Crippen molar-refractivity contribution in [3.63, 3.8) is 0 Å². The van der Waals surface area contributed by atoms with Crippen LogP contribution in [-0.2, 0) is 14.3 Å². The Bertz CT molecular complexity index is 1180. The number of rotatable bonds is 6. The van der Waals surface area contributed by atoms with Gasteiger partial charge in [0.2, 0.25) is 0 Å². The van der Waals surface area contributed by atoms with Gasteiger partial charge in [-0.25, -0.2) is 4.79 Å². The average molecular weight is 432 g/mol. The molecule has 1 atom stereocenters. The third-order valence-corrected chi connectivity index (χ3v) is 5.27. The molecule has 1 N–H and O–H groups in total. The van der Waals surface area contributed by atoms with Crippen molar-refractivity contribution in [2.45, 2.75) is 12.3 Å². The Morgan fingerprint density at radius 1 is 1.03 bits per heavy atom. The summed E-state index contributed by atoms with van der Waals surface area (Å²) in [5.74, 6) is -1.73. The number of ketones is 1. The second-order valence-corrected chi connectivity index (χ2v) is 7.20. The summed E-state index contributed by atoms with van der Waals surface area (Å²) in [6, 6.07) is 18.4. The highest BCUT2D eigenvalue weighted by atomic mass is 16.6. The first-order chi connectivity index (χ1) is 15.5. The molecular weight excluding hydrogens is 412 g/mol. The van der Waals surface area contributed by atoms with E-state index in [1.54, 1.807) is 54.6 Å². The standard InChI is InChI=1S/C25H20O7/c1-30-22(27)14-31-19-10-6-5-9-16(19)18-13-21(26)32-20-12-11-17(25(29)23(18)20)24(28)15-7-3-2-4-8-15/h2-12,18,29H,13-14H2,1H3. The fourth-order valence-electron chi connectivity index (χ4n) is 3.74. The first-order valence-corrected chi connectivity index (χ1v) is 9.94. The molecule has 1 unspecified atom stereocenters. The van der Waals surface area contributed by atoms with Gasteiger partial charge in [0.1, 0.15) is 17.2 Å². The number of esters is 2. The van der Waals surface area contributed by atoms with E-state index in [1.165, 1.54) is 19.2 Å². The van der Waals surface area contributed by atoms with Gasteiger partial charge in [0.15, 0.2) is 12.4 Å². The number of aromatic hydroxyl groups is 1. The lowest BCUT2D eigenvalue weighted by Crippen LogP contribution is -2.22. The molecule has 0 saturated heterocycles. The molecule has 0 radical (unpaired) electrons. The van der Waals surface area contributed by atoms with E-state index >= 15 is 0 Å². The van der Waals surface area contributed by atoms with Gasteiger partial charge in [0, 0.05) is 22.6 Å². The van der Waals surface area contributed by atoms with Crippen molar-refractivity contribution in [2.75, 3.05) is 13.7 Å². The lowest BCUT2D eigenvalue weighted by atomic mass is 9.83. The number of carbonyl (C=O) groups excluding carboxylic acids is 3. The molecule has 1 aliphatic rings. The lowest BCUT2D eigenvalue weighted by molar-refractivity contribution is -0.143. The highest BCUT2D eigenvalue weighted by Gasteiger charge is 2.35. The number of hydrogen-bond acceptors (Lipinski definition) is 7. The summed E-state index contributed by atoms with van der Waals surface area (Å²) < 4.78 is 15.6. The largest absolute Gasteiger partial charge is 0.507 e. The van der Waals surface area contributed by atoms with E-state index < -0.39 is 17.9 Å². The Hall–Kier alpha value is -4.13. The number of carbonyl (C=O) groups is 3. The van der Waals surface area contributed by atoms with Gasteiger partial charge in [-0.05, 0) is 18.2 Å². The van der Waals surface area contributed by atoms with Crippen molar-refractivity contribution in [1.29, 1.82) is 0 Å². The van der Waals surface area contributed by atoms with E-state index in [2.05, 4.69) is 4.74 Å². The fourth-order valence-corrected chi connectivity index (χ4v) is 3.74. The molecule has 0 saturated carbocycles. The van der Waals surface area contributed by atoms with Crippen molar-refractivity contribution in [1.82, 2.24) is 0 Å². The Morgan fingerprint density at radius 2 is 1.75 bits per heavy atom. The van der Waals surface area contributed by atoms with Crippen molar-refractivity contribution in [3.8, 4) is 17.2 Å². The van der Waals surface area contributed by atoms with E-state index in [4.69, 9.17) is 9.47 Å². The van der Waals surface area contributed by atoms with Gasteiger partial charge in [-0.15, -0.1) is 0 Å². The zero-order valence-electron chi connectivity index (χ0n) is 17.2. The highest BCUT2D eigenvalue weighted by Crippen LogP contribution is 2.47. The Balaban J connectivity index is 1.79. The number of methoxy groups -OCH3 is 1. The maximum atomic E-state index is 13.0. The third-order valence-electron chi connectivity index (χ3n) is 5.27. The summed E-state index contributed by atoms with van der Waals surface area (Å²) in [5.41, 5.74) is 1.43. The van der Waals surface area contributed by atoms with E-state index in [-0.39, 0.29) is 35.9 Å². The van der Waals surface area contributed by atoms with Crippen LogP contribution in [0.25, 0.3) is 0 Å². The topological polar surface area (TPSA) is 99.1 Å². The normalized spacial score (nSPS) is 14.8. The van der Waals surface area contributed by atoms with Crippen LogP contribution < -0.4 is 9.47 Å². The van der Waals surface area contributed by atoms with Crippen LogP contribution in [0.5, 0.6) is 17.2 Å². The number of para-hydroxylation sites is 1. The van der Waals surface area contributed by atoms with Gasteiger partial charge in [0.05, 0.1) is 19.1 Å². The van der Waals surface area contributed by atoms with Crippen LogP contribution in [0.3, 0.4) is 0 Å². The van der Waals surface area contributed by atoms with Gasteiger partial charge >= 0.3 is 11.9 Å². The number of hydrogen-bond donors (Lipinski definition) is 1. The van der Waals surface area contributed by atoms with Gasteiger partial charge < -0.3 is 19.3 Å². The number of fused-ring (bicyclic) bond motifs is 1. The van der Waals surface area contributed by atoms with Gasteiger partial charge in [0.25, 0.3) is 0 Å². The molecule has 0 bridgehead atoms. The van der Waals surface area contributed by atoms with Gasteiger partial charge in [-0.1, -0.05) is 48.5 Å². The molecule has 1 heterocycles. The summed E-state index contributed by atoms with van der Waals surface area (Å²) in [5, 5.41) is 11.1. The summed E-state index contributed by atoms with van der Waals surface area (Å²) in [4.78, 5) is 36.8. The van der Waals surface area contributed by atoms with E-state index in [1.807, 2.05) is 0 Å². The molecule has 3 aromatic carbocycles. The molecule has 0 spiro atoms. The first-order valence-electron chi connectivity index (χ1n) is 9.94. The molecule has 4 rings (SSSR count). The number of ether oxygens (including phenoxy) is 3. The van der Waals surface area contributed by atoms with Crippen LogP contribution in [0, 0.1) is 0 Å². The van der Waals surface area contributed by atoms with E-state index in [9.17, 15) is 19.5 Å². The van der Waals surface area contributed by atoms with Crippen molar-refractivity contribution < 1.29 is 33.7 Å². The fraction of sp³-hybridized carbons (Fsp3) is 0.160. The molecular formula is C25H20O7. The maximum Gasteiger partial charge on any atom is 0.343 e. The maximum absolute atomic E-state index is 13.0. The molecule has 32 heavy (non-hydrogen) atoms. The molecule has 162 valence electrons. The summed E-state index contributed by atoms with van der Waals surface area (Å²) >= 11 is 0. The predicted octanol–water partition coefficient (Wildman–Crippen LogP) is 3.62. The molecule has 0 aromatic heterocycles. The van der Waals surface area contributed by atoms with Crippen LogP contribution in [0.2, 0.25) is 0 Å². The quantitative estimate of drug-likeness (QED) is 0.361.